The molecule has 0 aromatic heterocycles. The van der Waals surface area contributed by atoms with E-state index in [1.165, 1.54) is 90.3 Å². The summed E-state index contributed by atoms with van der Waals surface area (Å²) < 4.78 is 0. The fraction of sp³-hybridized carbons (Fsp3) is 1.00. The molecule has 1 saturated heterocycles. The van der Waals surface area contributed by atoms with E-state index in [0.29, 0.717) is 0 Å². The molecule has 1 heterocycles. The van der Waals surface area contributed by atoms with Crippen molar-refractivity contribution in [3.05, 3.63) is 0 Å². The molecule has 3 aliphatic rings. The Balaban J connectivity index is 1.57. The third-order valence-corrected chi connectivity index (χ3v) is 6.54. The Morgan fingerprint density at radius 2 is 1.62 bits per heavy atom. The van der Waals surface area contributed by atoms with Gasteiger partial charge < -0.3 is 5.32 Å². The SMILES string of the molecule is CCC(C1CCCCC1)N1CCNC(C2CCCCC2)C1. The maximum absolute atomic E-state index is 3.86. The Hall–Kier alpha value is -0.0800. The van der Waals surface area contributed by atoms with Crippen molar-refractivity contribution in [2.24, 2.45) is 11.8 Å². The van der Waals surface area contributed by atoms with Gasteiger partial charge in [0.1, 0.15) is 0 Å². The van der Waals surface area contributed by atoms with Crippen LogP contribution >= 0.6 is 0 Å². The van der Waals surface area contributed by atoms with E-state index < -0.39 is 0 Å². The third-order valence-electron chi connectivity index (χ3n) is 6.54. The van der Waals surface area contributed by atoms with E-state index in [2.05, 4.69) is 17.1 Å². The average molecular weight is 293 g/mol. The first-order valence-corrected chi connectivity index (χ1v) is 9.86. The minimum atomic E-state index is 0.789. The Kier molecular flexibility index (Phi) is 5.99. The van der Waals surface area contributed by atoms with Crippen LogP contribution in [0.5, 0.6) is 0 Å². The van der Waals surface area contributed by atoms with Crippen LogP contribution in [-0.2, 0) is 0 Å². The Morgan fingerprint density at radius 1 is 0.952 bits per heavy atom. The highest BCUT2D eigenvalue weighted by atomic mass is 15.2. The molecule has 3 fully saturated rings. The van der Waals surface area contributed by atoms with Crippen LogP contribution in [0.2, 0.25) is 0 Å². The van der Waals surface area contributed by atoms with Crippen LogP contribution in [0.3, 0.4) is 0 Å². The van der Waals surface area contributed by atoms with E-state index in [1.807, 2.05) is 0 Å². The molecule has 1 N–H and O–H groups in total. The second kappa shape index (κ2) is 7.97. The van der Waals surface area contributed by atoms with Gasteiger partial charge in [0.15, 0.2) is 0 Å². The van der Waals surface area contributed by atoms with Crippen LogP contribution in [0.15, 0.2) is 0 Å². The van der Waals surface area contributed by atoms with Crippen LogP contribution in [-0.4, -0.2) is 36.6 Å². The molecule has 3 rings (SSSR count). The van der Waals surface area contributed by atoms with Crippen molar-refractivity contribution in [3.63, 3.8) is 0 Å². The summed E-state index contributed by atoms with van der Waals surface area (Å²) in [5, 5.41) is 3.86. The van der Waals surface area contributed by atoms with Crippen LogP contribution in [0.1, 0.15) is 77.6 Å². The van der Waals surface area contributed by atoms with Gasteiger partial charge in [-0.15, -0.1) is 0 Å². The first-order valence-electron chi connectivity index (χ1n) is 9.86. The number of nitrogens with one attached hydrogen (secondary N) is 1. The number of rotatable bonds is 4. The Labute approximate surface area is 132 Å². The summed E-state index contributed by atoms with van der Waals surface area (Å²) in [4.78, 5) is 2.88. The van der Waals surface area contributed by atoms with E-state index >= 15 is 0 Å². The second-order valence-corrected chi connectivity index (χ2v) is 7.83. The molecule has 0 bridgehead atoms. The van der Waals surface area contributed by atoms with Gasteiger partial charge in [0.05, 0.1) is 0 Å². The summed E-state index contributed by atoms with van der Waals surface area (Å²) in [6.45, 7) is 6.28. The molecule has 0 spiro atoms. The lowest BCUT2D eigenvalue weighted by Crippen LogP contribution is -2.58. The molecule has 2 nitrogen and oxygen atoms in total. The van der Waals surface area contributed by atoms with E-state index in [1.54, 1.807) is 0 Å². The highest BCUT2D eigenvalue weighted by Crippen LogP contribution is 2.33. The molecule has 0 aromatic carbocycles. The van der Waals surface area contributed by atoms with Crippen molar-refractivity contribution in [1.82, 2.24) is 10.2 Å². The van der Waals surface area contributed by atoms with Gasteiger partial charge in [0.25, 0.3) is 0 Å². The zero-order valence-corrected chi connectivity index (χ0v) is 14.2. The highest BCUT2D eigenvalue weighted by molar-refractivity contribution is 4.90. The van der Waals surface area contributed by atoms with Gasteiger partial charge in [-0.1, -0.05) is 45.4 Å². The lowest BCUT2D eigenvalue weighted by Gasteiger charge is -2.45. The molecular formula is C19H36N2. The van der Waals surface area contributed by atoms with Gasteiger partial charge in [0.2, 0.25) is 0 Å². The zero-order chi connectivity index (χ0) is 14.5. The van der Waals surface area contributed by atoms with Gasteiger partial charge >= 0.3 is 0 Å². The summed E-state index contributed by atoms with van der Waals surface area (Å²) in [6, 6.07) is 1.66. The molecule has 0 aromatic rings. The molecule has 0 amide bonds. The Morgan fingerprint density at radius 3 is 2.29 bits per heavy atom. The van der Waals surface area contributed by atoms with Gasteiger partial charge in [-0.2, -0.15) is 0 Å². The van der Waals surface area contributed by atoms with Crippen molar-refractivity contribution < 1.29 is 0 Å². The molecule has 1 aliphatic heterocycles. The summed E-state index contributed by atoms with van der Waals surface area (Å²) in [7, 11) is 0. The lowest BCUT2D eigenvalue weighted by atomic mass is 9.80. The number of nitrogens with zero attached hydrogens (tertiary/aromatic N) is 1. The first kappa shape index (κ1) is 15.8. The van der Waals surface area contributed by atoms with Crippen molar-refractivity contribution in [1.29, 1.82) is 0 Å². The quantitative estimate of drug-likeness (QED) is 0.835. The number of piperazine rings is 1. The smallest absolute Gasteiger partial charge is 0.0223 e. The normalized spacial score (nSPS) is 32.1. The van der Waals surface area contributed by atoms with Crippen LogP contribution in [0, 0.1) is 11.8 Å². The highest BCUT2D eigenvalue weighted by Gasteiger charge is 2.33. The fourth-order valence-corrected chi connectivity index (χ4v) is 5.36. The summed E-state index contributed by atoms with van der Waals surface area (Å²) in [6.07, 6.45) is 16.2. The average Bonchev–Trinajstić information content (AvgIpc) is 2.58. The monoisotopic (exact) mass is 292 g/mol. The van der Waals surface area contributed by atoms with Crippen molar-refractivity contribution >= 4 is 0 Å². The van der Waals surface area contributed by atoms with Crippen LogP contribution in [0.25, 0.3) is 0 Å². The molecule has 21 heavy (non-hydrogen) atoms. The molecule has 2 heteroatoms. The van der Waals surface area contributed by atoms with Gasteiger partial charge in [-0.3, -0.25) is 4.90 Å². The Bertz CT molecular complexity index is 292. The van der Waals surface area contributed by atoms with Crippen LogP contribution < -0.4 is 5.32 Å². The fourth-order valence-electron chi connectivity index (χ4n) is 5.36. The lowest BCUT2D eigenvalue weighted by molar-refractivity contribution is 0.0642. The molecule has 2 unspecified atom stereocenters. The molecule has 2 atom stereocenters. The molecular weight excluding hydrogens is 256 g/mol. The van der Waals surface area contributed by atoms with E-state index in [9.17, 15) is 0 Å². The molecule has 2 saturated carbocycles. The summed E-state index contributed by atoms with van der Waals surface area (Å²) >= 11 is 0. The van der Waals surface area contributed by atoms with E-state index in [-0.39, 0.29) is 0 Å². The number of hydrogen-bond acceptors (Lipinski definition) is 2. The van der Waals surface area contributed by atoms with E-state index in [4.69, 9.17) is 0 Å². The largest absolute Gasteiger partial charge is 0.311 e. The minimum absolute atomic E-state index is 0.789. The molecule has 0 radical (unpaired) electrons. The van der Waals surface area contributed by atoms with Gasteiger partial charge in [-0.05, 0) is 43.9 Å². The summed E-state index contributed by atoms with van der Waals surface area (Å²) in [5.74, 6) is 1.96. The third kappa shape index (κ3) is 4.01. The van der Waals surface area contributed by atoms with Gasteiger partial charge in [-0.25, -0.2) is 0 Å². The predicted octanol–water partition coefficient (Wildman–Crippen LogP) is 4.20. The first-order chi connectivity index (χ1) is 10.4. The van der Waals surface area contributed by atoms with Crippen molar-refractivity contribution in [2.45, 2.75) is 89.6 Å². The van der Waals surface area contributed by atoms with Gasteiger partial charge in [0, 0.05) is 31.7 Å². The second-order valence-electron chi connectivity index (χ2n) is 7.83. The predicted molar refractivity (Wildman–Crippen MR) is 90.6 cm³/mol. The standard InChI is InChI=1S/C19H36N2/c1-2-19(17-11-7-4-8-12-17)21-14-13-20-18(15-21)16-9-5-3-6-10-16/h16-20H,2-15H2,1H3. The van der Waals surface area contributed by atoms with Crippen LogP contribution in [0.4, 0.5) is 0 Å². The number of hydrogen-bond donors (Lipinski definition) is 1. The maximum Gasteiger partial charge on any atom is 0.0223 e. The van der Waals surface area contributed by atoms with Crippen molar-refractivity contribution in [3.8, 4) is 0 Å². The molecule has 2 aliphatic carbocycles. The summed E-state index contributed by atoms with van der Waals surface area (Å²) in [5.41, 5.74) is 0. The topological polar surface area (TPSA) is 15.3 Å². The maximum atomic E-state index is 3.86. The van der Waals surface area contributed by atoms with E-state index in [0.717, 1.165) is 23.9 Å². The zero-order valence-electron chi connectivity index (χ0n) is 14.2. The van der Waals surface area contributed by atoms with Crippen molar-refractivity contribution in [2.75, 3.05) is 19.6 Å². The molecule has 122 valence electrons. The minimum Gasteiger partial charge on any atom is -0.311 e.